The van der Waals surface area contributed by atoms with Crippen LogP contribution in [0.4, 0.5) is 20.1 Å². The van der Waals surface area contributed by atoms with Crippen molar-refractivity contribution >= 4 is 59.4 Å². The number of cyclic esters (lactones) is 1. The third-order valence-corrected chi connectivity index (χ3v) is 16.4. The quantitative estimate of drug-likeness (QED) is 0.0101. The molecule has 0 bridgehead atoms. The summed E-state index contributed by atoms with van der Waals surface area (Å²) in [5, 5.41) is 32.0. The number of nitrogens with one attached hydrogen (secondary N) is 4. The number of urea groups is 1. The van der Waals surface area contributed by atoms with Gasteiger partial charge in [-0.2, -0.15) is 0 Å². The summed E-state index contributed by atoms with van der Waals surface area (Å²) in [4.78, 5) is 120. The van der Waals surface area contributed by atoms with Crippen LogP contribution in [0.25, 0.3) is 0 Å². The molecule has 5 rings (SSSR count). The van der Waals surface area contributed by atoms with Crippen molar-refractivity contribution in [3.63, 3.8) is 0 Å². The molecule has 24 heteroatoms. The highest BCUT2D eigenvalue weighted by Crippen LogP contribution is 2.37. The molecule has 4 aliphatic rings. The van der Waals surface area contributed by atoms with Crippen molar-refractivity contribution in [2.24, 2.45) is 29.4 Å². The van der Waals surface area contributed by atoms with Crippen molar-refractivity contribution in [1.29, 1.82) is 0 Å². The molecule has 12 atom stereocenters. The molecule has 1 aromatic rings. The zero-order valence-electron chi connectivity index (χ0n) is 52.0. The Morgan fingerprint density at radius 3 is 2.20 bits per heavy atom. The number of hydrogen-bond donors (Lipinski definition) is 7. The number of carbonyl (C=O) groups is 9. The fourth-order valence-corrected chi connectivity index (χ4v) is 10.6. The molecular formula is C63H94N8O16. The maximum absolute atomic E-state index is 13.9. The van der Waals surface area contributed by atoms with E-state index in [-0.39, 0.29) is 126 Å². The Morgan fingerprint density at radius 1 is 0.897 bits per heavy atom. The topological polar surface area (TPSA) is 327 Å². The van der Waals surface area contributed by atoms with Gasteiger partial charge < -0.3 is 70.7 Å². The molecule has 2 fully saturated rings. The highest BCUT2D eigenvalue weighted by atomic mass is 16.6. The lowest BCUT2D eigenvalue weighted by Crippen LogP contribution is -2.54. The average molecular weight is 1220 g/mol. The van der Waals surface area contributed by atoms with Crippen molar-refractivity contribution in [3.8, 4) is 0 Å². The van der Waals surface area contributed by atoms with Crippen LogP contribution in [0.2, 0.25) is 0 Å². The maximum Gasteiger partial charge on any atom is 0.410 e. The van der Waals surface area contributed by atoms with E-state index in [0.717, 1.165) is 16.9 Å². The summed E-state index contributed by atoms with van der Waals surface area (Å²) < 4.78 is 29.7. The highest BCUT2D eigenvalue weighted by Gasteiger charge is 2.45. The van der Waals surface area contributed by atoms with E-state index < -0.39 is 84.0 Å². The molecule has 2 saturated heterocycles. The first kappa shape index (κ1) is 70.6. The summed E-state index contributed by atoms with van der Waals surface area (Å²) in [7, 11) is 1.50. The number of ether oxygens (including phenoxy) is 5. The van der Waals surface area contributed by atoms with Crippen molar-refractivity contribution in [3.05, 3.63) is 77.9 Å². The Bertz CT molecular complexity index is 2620. The van der Waals surface area contributed by atoms with Gasteiger partial charge in [-0.25, -0.2) is 14.4 Å². The molecular weight excluding hydrogens is 1120 g/mol. The molecule has 0 unspecified atom stereocenters. The van der Waals surface area contributed by atoms with Crippen LogP contribution in [0.3, 0.4) is 0 Å². The molecule has 0 radical (unpaired) electrons. The second-order valence-electron chi connectivity index (χ2n) is 23.8. The number of rotatable bonds is 28. The molecule has 4 aliphatic heterocycles. The maximum atomic E-state index is 13.9. The van der Waals surface area contributed by atoms with Crippen molar-refractivity contribution < 1.29 is 77.0 Å². The number of anilines is 1. The van der Waals surface area contributed by atoms with Crippen LogP contribution in [0.1, 0.15) is 132 Å². The fourth-order valence-electron chi connectivity index (χ4n) is 10.6. The zero-order valence-corrected chi connectivity index (χ0v) is 52.0. The molecule has 87 heavy (non-hydrogen) atoms. The zero-order chi connectivity index (χ0) is 64.0. The predicted molar refractivity (Wildman–Crippen MR) is 323 cm³/mol. The third-order valence-electron chi connectivity index (χ3n) is 16.4. The molecule has 1 aromatic carbocycles. The van der Waals surface area contributed by atoms with Gasteiger partial charge >= 0.3 is 24.2 Å². The first-order chi connectivity index (χ1) is 41.3. The Hall–Kier alpha value is -7.15. The minimum Gasteiger partial charge on any atom is -0.457 e. The van der Waals surface area contributed by atoms with Gasteiger partial charge in [0, 0.05) is 82.5 Å². The Morgan fingerprint density at radius 2 is 1.56 bits per heavy atom. The first-order valence-electron chi connectivity index (χ1n) is 30.6. The summed E-state index contributed by atoms with van der Waals surface area (Å²) in [5.74, 6) is -3.33. The largest absolute Gasteiger partial charge is 0.457 e. The Balaban J connectivity index is 1.10. The number of nitrogens with two attached hydrogens (primary N) is 1. The first-order valence-corrected chi connectivity index (χ1v) is 30.6. The van der Waals surface area contributed by atoms with E-state index in [2.05, 4.69) is 34.3 Å². The molecule has 24 nitrogen and oxygen atoms in total. The summed E-state index contributed by atoms with van der Waals surface area (Å²) in [6.45, 7) is 16.0. The van der Waals surface area contributed by atoms with Crippen molar-refractivity contribution in [2.75, 3.05) is 51.7 Å². The molecule has 0 saturated carbocycles. The van der Waals surface area contributed by atoms with E-state index in [4.69, 9.17) is 29.4 Å². The fraction of sp³-hybridized carbons (Fsp3) is 0.635. The van der Waals surface area contributed by atoms with Gasteiger partial charge in [0.2, 0.25) is 17.7 Å². The van der Waals surface area contributed by atoms with E-state index in [0.29, 0.717) is 43.4 Å². The van der Waals surface area contributed by atoms with Crippen molar-refractivity contribution in [2.45, 2.75) is 187 Å². The number of imide groups is 1. The number of nitrogens with zero attached hydrogens (tertiary/aromatic N) is 3. The number of carbonyl (C=O) groups excluding carboxylic acids is 9. The van der Waals surface area contributed by atoms with Crippen LogP contribution >= 0.6 is 0 Å². The number of amides is 9. The second kappa shape index (κ2) is 34.4. The van der Waals surface area contributed by atoms with Crippen LogP contribution in [-0.2, 0) is 59.1 Å². The number of piperazine rings is 1. The van der Waals surface area contributed by atoms with Gasteiger partial charge in [-0.1, -0.05) is 84.4 Å². The van der Waals surface area contributed by atoms with Crippen LogP contribution in [0.5, 0.6) is 0 Å². The summed E-state index contributed by atoms with van der Waals surface area (Å²) in [6, 6.07) is 3.80. The normalized spacial score (nSPS) is 24.9. The number of aliphatic hydroxyl groups excluding tert-OH is 2. The van der Waals surface area contributed by atoms with E-state index in [9.17, 15) is 53.4 Å². The number of hydrogen-bond acceptors (Lipinski definition) is 16. The third kappa shape index (κ3) is 22.5. The van der Waals surface area contributed by atoms with Gasteiger partial charge in [0.05, 0.1) is 30.8 Å². The van der Waals surface area contributed by atoms with E-state index >= 15 is 0 Å². The highest BCUT2D eigenvalue weighted by molar-refractivity contribution is 6.12. The molecule has 4 heterocycles. The SMILES string of the molecule is CC[C@H](O)[C@@H](C)[C@H]1O[C@H]1C[C@H](C)/C=C/C=C(\C)[C@H]1OC(=O)C[C@H](O)CC[C@@](C)(OC)[C@@H](OC(=O)N2CCN(C(=O)OCc3ccc(NC(=O)[C@@H](NC(=O)[C@H](CCCNC(N)=O)NC(=O)CCCCCN4C(=O)C=CC4=O)C(C)C)cc3)CC2)/C=C\[C@@H]1C. The Kier molecular flexibility index (Phi) is 27.9. The monoisotopic (exact) mass is 1220 g/mol. The van der Waals surface area contributed by atoms with Gasteiger partial charge in [0.1, 0.15) is 30.4 Å². The van der Waals surface area contributed by atoms with Gasteiger partial charge in [-0.15, -0.1) is 0 Å². The molecule has 0 aliphatic carbocycles. The number of epoxide rings is 1. The van der Waals surface area contributed by atoms with Crippen LogP contribution in [0, 0.1) is 23.7 Å². The van der Waals surface area contributed by atoms with Crippen LogP contribution in [-0.4, -0.2) is 179 Å². The van der Waals surface area contributed by atoms with Crippen molar-refractivity contribution in [1.82, 2.24) is 30.7 Å². The average Bonchev–Trinajstić information content (AvgIpc) is 2.92. The summed E-state index contributed by atoms with van der Waals surface area (Å²) >= 11 is 0. The standard InChI is InChI=1S/C63H94N8O16/c1-10-48(73)43(7)57-49(85-57)36-40(4)16-14-17-41(5)56-42(6)20-25-50(63(8,83-9)29-28-46(72)37-54(77)87-56)86-62(82)70-34-32-69(33-35-70)61(81)84-38-44-21-23-45(24-22-44)66-59(79)55(39(2)3)68-58(78)47(18-15-30-65-60(64)80)67-51(74)19-12-11-13-31-71-52(75)26-27-53(71)76/h14,16-17,20-27,39-40,42-43,46-50,55-57,72-73H,10-13,15,18-19,28-38H2,1-9H3,(H,66,79)(H,67,74)(H,68,78)(H3,64,65,80)/b16-14+,25-20-,41-17+/t40-,42+,43-,46-,47+,48+,49+,50+,55+,56-,57-,63-/m1/s1. The lowest BCUT2D eigenvalue weighted by Gasteiger charge is -2.38. The van der Waals surface area contributed by atoms with E-state index in [1.807, 2.05) is 45.9 Å². The lowest BCUT2D eigenvalue weighted by atomic mass is 9.88. The smallest absolute Gasteiger partial charge is 0.410 e. The number of benzene rings is 1. The predicted octanol–water partition coefficient (Wildman–Crippen LogP) is 5.70. The number of allylic oxidation sites excluding steroid dienone is 3. The molecule has 0 spiro atoms. The van der Waals surface area contributed by atoms with Gasteiger partial charge in [-0.3, -0.25) is 33.7 Å². The number of unbranched alkanes of at least 4 members (excludes halogenated alkanes) is 2. The van der Waals surface area contributed by atoms with Crippen LogP contribution in [0.15, 0.2) is 72.4 Å². The minimum atomic E-state index is -1.10. The molecule has 0 aromatic heterocycles. The molecule has 8 N–H and O–H groups in total. The second-order valence-corrected chi connectivity index (χ2v) is 23.8. The summed E-state index contributed by atoms with van der Waals surface area (Å²) in [6.07, 6.45) is 11.4. The summed E-state index contributed by atoms with van der Waals surface area (Å²) in [5.41, 5.74) is 5.90. The van der Waals surface area contributed by atoms with Gasteiger partial charge in [-0.05, 0) is 106 Å². The Labute approximate surface area is 511 Å². The minimum absolute atomic E-state index is 0.0456. The van der Waals surface area contributed by atoms with E-state index in [1.54, 1.807) is 51.1 Å². The van der Waals surface area contributed by atoms with Crippen LogP contribution < -0.4 is 27.0 Å². The van der Waals surface area contributed by atoms with Gasteiger partial charge in [0.25, 0.3) is 11.8 Å². The number of esters is 1. The lowest BCUT2D eigenvalue weighted by molar-refractivity contribution is -0.151. The molecule has 9 amide bonds. The number of methoxy groups -OCH3 is 1. The molecule has 482 valence electrons. The number of aliphatic hydroxyl groups is 2. The number of primary amides is 1. The van der Waals surface area contributed by atoms with Gasteiger partial charge in [0.15, 0.2) is 6.10 Å². The van der Waals surface area contributed by atoms with E-state index in [1.165, 1.54) is 29.1 Å².